The van der Waals surface area contributed by atoms with Gasteiger partial charge in [-0.25, -0.2) is 13.1 Å². The quantitative estimate of drug-likeness (QED) is 0.811. The van der Waals surface area contributed by atoms with Gasteiger partial charge in [0.15, 0.2) is 0 Å². The van der Waals surface area contributed by atoms with E-state index in [9.17, 15) is 8.42 Å². The van der Waals surface area contributed by atoms with Crippen LogP contribution in [-0.2, 0) is 10.0 Å². The normalized spacial score (nSPS) is 11.6. The molecule has 1 aromatic carbocycles. The molecule has 0 spiro atoms. The molecule has 8 heteroatoms. The summed E-state index contributed by atoms with van der Waals surface area (Å²) in [5.74, 6) is 0. The summed E-state index contributed by atoms with van der Waals surface area (Å²) in [6, 6.07) is 5.32. The largest absolute Gasteiger partial charge is 0.318 e. The number of rotatable bonds is 5. The molecule has 2 rings (SSSR count). The Balaban J connectivity index is 0.00000200. The Hall–Kier alpha value is -0.370. The van der Waals surface area contributed by atoms with E-state index in [-0.39, 0.29) is 12.4 Å². The monoisotopic (exact) mass is 354 g/mol. The summed E-state index contributed by atoms with van der Waals surface area (Å²) in [4.78, 5) is 1.11. The number of hydrogen-bond acceptors (Lipinski definition) is 4. The highest BCUT2D eigenvalue weighted by Crippen LogP contribution is 2.35. The molecule has 0 fully saturated rings. The summed E-state index contributed by atoms with van der Waals surface area (Å²) in [5, 5.41) is 4.13. The molecule has 1 heterocycles. The maximum atomic E-state index is 12.3. The van der Waals surface area contributed by atoms with Crippen molar-refractivity contribution in [3.8, 4) is 0 Å². The minimum Gasteiger partial charge on any atom is -0.318 e. The second-order valence-corrected chi connectivity index (χ2v) is 7.53. The van der Waals surface area contributed by atoms with Crippen LogP contribution in [0.1, 0.15) is 4.88 Å². The van der Waals surface area contributed by atoms with Crippen molar-refractivity contribution in [2.75, 3.05) is 20.1 Å². The van der Waals surface area contributed by atoms with Crippen molar-refractivity contribution in [3.05, 3.63) is 28.1 Å². The van der Waals surface area contributed by atoms with Crippen LogP contribution in [0.2, 0.25) is 5.02 Å². The molecule has 0 aliphatic rings. The van der Waals surface area contributed by atoms with Crippen molar-refractivity contribution in [1.82, 2.24) is 10.0 Å². The number of benzene rings is 1. The molecule has 0 atom stereocenters. The highest BCUT2D eigenvalue weighted by atomic mass is 35.5. The zero-order valence-electron chi connectivity index (χ0n) is 11.1. The van der Waals surface area contributed by atoms with Crippen LogP contribution in [0.25, 0.3) is 10.1 Å². The van der Waals surface area contributed by atoms with Gasteiger partial charge in [-0.1, -0.05) is 11.6 Å². The van der Waals surface area contributed by atoms with Gasteiger partial charge >= 0.3 is 0 Å². The Morgan fingerprint density at radius 2 is 2.00 bits per heavy atom. The van der Waals surface area contributed by atoms with Crippen molar-refractivity contribution in [2.24, 2.45) is 0 Å². The van der Waals surface area contributed by atoms with Crippen LogP contribution < -0.4 is 10.0 Å². The maximum Gasteiger partial charge on any atom is 0.242 e. The number of sulfonamides is 1. The van der Waals surface area contributed by atoms with Gasteiger partial charge in [0.25, 0.3) is 0 Å². The predicted molar refractivity (Wildman–Crippen MR) is 87.9 cm³/mol. The van der Waals surface area contributed by atoms with Crippen molar-refractivity contribution in [3.63, 3.8) is 0 Å². The number of nitrogens with one attached hydrogen (secondary N) is 2. The zero-order valence-corrected chi connectivity index (χ0v) is 14.3. The molecule has 0 unspecified atom stereocenters. The van der Waals surface area contributed by atoms with Crippen molar-refractivity contribution in [2.45, 2.75) is 11.8 Å². The van der Waals surface area contributed by atoms with Gasteiger partial charge in [-0.3, -0.25) is 0 Å². The third-order valence-electron chi connectivity index (χ3n) is 2.70. The summed E-state index contributed by atoms with van der Waals surface area (Å²) in [5.41, 5.74) is 0. The SMILES string of the molecule is CNCCNS(=O)(=O)c1c(C)sc2ccc(Cl)cc12.Cl. The van der Waals surface area contributed by atoms with E-state index in [1.807, 2.05) is 13.0 Å². The highest BCUT2D eigenvalue weighted by molar-refractivity contribution is 7.90. The highest BCUT2D eigenvalue weighted by Gasteiger charge is 2.22. The summed E-state index contributed by atoms with van der Waals surface area (Å²) >= 11 is 7.42. The molecule has 0 aliphatic carbocycles. The summed E-state index contributed by atoms with van der Waals surface area (Å²) in [6.45, 7) is 2.75. The minimum absolute atomic E-state index is 0. The molecule has 0 radical (unpaired) electrons. The number of fused-ring (bicyclic) bond motifs is 1. The van der Waals surface area contributed by atoms with Gasteiger partial charge in [-0.15, -0.1) is 23.7 Å². The molecule has 2 N–H and O–H groups in total. The van der Waals surface area contributed by atoms with E-state index in [2.05, 4.69) is 10.0 Å². The van der Waals surface area contributed by atoms with Gasteiger partial charge in [0.05, 0.1) is 0 Å². The van der Waals surface area contributed by atoms with Crippen molar-refractivity contribution < 1.29 is 8.42 Å². The molecule has 20 heavy (non-hydrogen) atoms. The van der Waals surface area contributed by atoms with Gasteiger partial charge in [-0.2, -0.15) is 0 Å². The van der Waals surface area contributed by atoms with E-state index in [1.165, 1.54) is 11.3 Å². The van der Waals surface area contributed by atoms with Crippen LogP contribution in [0.5, 0.6) is 0 Å². The summed E-state index contributed by atoms with van der Waals surface area (Å²) in [6.07, 6.45) is 0. The fraction of sp³-hybridized carbons (Fsp3) is 0.333. The van der Waals surface area contributed by atoms with Gasteiger partial charge in [0, 0.05) is 33.1 Å². The average molecular weight is 355 g/mol. The Morgan fingerprint density at radius 1 is 1.30 bits per heavy atom. The molecule has 112 valence electrons. The van der Waals surface area contributed by atoms with Gasteiger partial charge in [0.1, 0.15) is 4.90 Å². The number of aryl methyl sites for hydroxylation is 1. The lowest BCUT2D eigenvalue weighted by Crippen LogP contribution is -2.30. The molecule has 0 amide bonds. The lowest BCUT2D eigenvalue weighted by molar-refractivity contribution is 0.580. The van der Waals surface area contributed by atoms with Crippen LogP contribution in [0, 0.1) is 6.92 Å². The Morgan fingerprint density at radius 3 is 2.65 bits per heavy atom. The second-order valence-electron chi connectivity index (χ2n) is 4.13. The van der Waals surface area contributed by atoms with Crippen molar-refractivity contribution >= 4 is 55.5 Å². The average Bonchev–Trinajstić information content (AvgIpc) is 2.65. The molecule has 0 aliphatic heterocycles. The summed E-state index contributed by atoms with van der Waals surface area (Å²) < 4.78 is 28.2. The van der Waals surface area contributed by atoms with Crippen molar-refractivity contribution in [1.29, 1.82) is 0 Å². The third-order valence-corrected chi connectivity index (χ3v) is 5.80. The van der Waals surface area contributed by atoms with E-state index < -0.39 is 10.0 Å². The lowest BCUT2D eigenvalue weighted by Gasteiger charge is -2.06. The molecule has 0 saturated heterocycles. The van der Waals surface area contributed by atoms with Gasteiger partial charge in [0.2, 0.25) is 10.0 Å². The second kappa shape index (κ2) is 7.06. The van der Waals surface area contributed by atoms with E-state index >= 15 is 0 Å². The van der Waals surface area contributed by atoms with Gasteiger partial charge < -0.3 is 5.32 Å². The maximum absolute atomic E-state index is 12.3. The Kier molecular flexibility index (Phi) is 6.25. The predicted octanol–water partition coefficient (Wildman–Crippen LogP) is 2.78. The molecular formula is C12H16Cl2N2O2S2. The fourth-order valence-corrected chi connectivity index (χ4v) is 4.87. The Bertz CT molecular complexity index is 699. The van der Waals surface area contributed by atoms with E-state index in [1.54, 1.807) is 19.2 Å². The fourth-order valence-electron chi connectivity index (χ4n) is 1.89. The first kappa shape index (κ1) is 17.7. The van der Waals surface area contributed by atoms with E-state index in [0.717, 1.165) is 9.58 Å². The van der Waals surface area contributed by atoms with Crippen LogP contribution in [0.15, 0.2) is 23.1 Å². The Labute approximate surface area is 134 Å². The number of hydrogen-bond donors (Lipinski definition) is 2. The molecule has 0 bridgehead atoms. The van der Waals surface area contributed by atoms with Crippen LogP contribution in [-0.4, -0.2) is 28.6 Å². The molecule has 4 nitrogen and oxygen atoms in total. The van der Waals surface area contributed by atoms with E-state index in [0.29, 0.717) is 28.4 Å². The third kappa shape index (κ3) is 3.63. The van der Waals surface area contributed by atoms with Crippen LogP contribution >= 0.6 is 35.3 Å². The molecule has 2 aromatic rings. The number of thiophene rings is 1. The number of halogens is 2. The zero-order chi connectivity index (χ0) is 14.0. The first-order valence-electron chi connectivity index (χ1n) is 5.78. The smallest absolute Gasteiger partial charge is 0.242 e. The first-order chi connectivity index (χ1) is 8.95. The topological polar surface area (TPSA) is 58.2 Å². The molecule has 1 aromatic heterocycles. The van der Waals surface area contributed by atoms with E-state index in [4.69, 9.17) is 11.6 Å². The number of likely N-dealkylation sites (N-methyl/N-ethyl adjacent to an activating group) is 1. The lowest BCUT2D eigenvalue weighted by atomic mass is 10.2. The molecule has 0 saturated carbocycles. The standard InChI is InChI=1S/C12H15ClN2O2S2.ClH/c1-8-12(19(16,17)15-6-5-14-2)10-7-9(13)3-4-11(10)18-8;/h3-4,7,14-15H,5-6H2,1-2H3;1H. The summed E-state index contributed by atoms with van der Waals surface area (Å²) in [7, 11) is -1.72. The van der Waals surface area contributed by atoms with Crippen LogP contribution in [0.3, 0.4) is 0 Å². The van der Waals surface area contributed by atoms with Crippen LogP contribution in [0.4, 0.5) is 0 Å². The first-order valence-corrected chi connectivity index (χ1v) is 8.46. The van der Waals surface area contributed by atoms with Gasteiger partial charge in [-0.05, 0) is 32.2 Å². The minimum atomic E-state index is -3.50. The molecular weight excluding hydrogens is 339 g/mol.